The predicted octanol–water partition coefficient (Wildman–Crippen LogP) is 1.95. The van der Waals surface area contributed by atoms with Crippen molar-refractivity contribution in [3.8, 4) is 0 Å². The summed E-state index contributed by atoms with van der Waals surface area (Å²) in [5, 5.41) is 11.2. The first-order valence-corrected chi connectivity index (χ1v) is 7.71. The van der Waals surface area contributed by atoms with Gasteiger partial charge in [0.2, 0.25) is 5.91 Å². The van der Waals surface area contributed by atoms with Crippen molar-refractivity contribution in [2.24, 2.45) is 0 Å². The van der Waals surface area contributed by atoms with Crippen molar-refractivity contribution >= 4 is 45.4 Å². The van der Waals surface area contributed by atoms with Gasteiger partial charge in [-0.15, -0.1) is 0 Å². The van der Waals surface area contributed by atoms with E-state index in [-0.39, 0.29) is 17.3 Å². The lowest BCUT2D eigenvalue weighted by atomic mass is 10.2. The number of carboxylic acids is 1. The summed E-state index contributed by atoms with van der Waals surface area (Å²) in [6.07, 6.45) is 0. The van der Waals surface area contributed by atoms with Crippen LogP contribution in [0.4, 0.5) is 0 Å². The van der Waals surface area contributed by atoms with Crippen LogP contribution >= 0.6 is 27.7 Å². The van der Waals surface area contributed by atoms with E-state index in [0.717, 1.165) is 4.47 Å². The van der Waals surface area contributed by atoms with Crippen molar-refractivity contribution in [2.75, 3.05) is 11.5 Å². The average molecular weight is 360 g/mol. The molecule has 1 amide bonds. The Hall–Kier alpha value is -1.34. The maximum atomic E-state index is 11.9. The lowest BCUT2D eigenvalue weighted by Gasteiger charge is -2.12. The molecule has 20 heavy (non-hydrogen) atoms. The molecule has 0 aliphatic rings. The van der Waals surface area contributed by atoms with Crippen LogP contribution in [0.2, 0.25) is 0 Å². The molecule has 0 aliphatic heterocycles. The minimum absolute atomic E-state index is 0.0746. The van der Waals surface area contributed by atoms with Crippen LogP contribution in [0.15, 0.2) is 28.7 Å². The van der Waals surface area contributed by atoms with E-state index >= 15 is 0 Å². The van der Waals surface area contributed by atoms with Crippen LogP contribution in [-0.2, 0) is 9.59 Å². The summed E-state index contributed by atoms with van der Waals surface area (Å²) in [6, 6.07) is 5.98. The standard InChI is InChI=1S/C13H14BrNO4S/c1-8(16)15-11(13(18)19)6-20-7-12(17)9-2-4-10(14)5-3-9/h2-5,11H,6-7H2,1H3,(H,15,16)(H,18,19)/t11-/m0/s1. The zero-order valence-electron chi connectivity index (χ0n) is 10.8. The van der Waals surface area contributed by atoms with Gasteiger partial charge in [-0.2, -0.15) is 11.8 Å². The zero-order chi connectivity index (χ0) is 15.1. The highest BCUT2D eigenvalue weighted by atomic mass is 79.9. The van der Waals surface area contributed by atoms with Crippen LogP contribution in [0.3, 0.4) is 0 Å². The van der Waals surface area contributed by atoms with Gasteiger partial charge in [0, 0.05) is 22.7 Å². The average Bonchev–Trinajstić information content (AvgIpc) is 2.37. The summed E-state index contributed by atoms with van der Waals surface area (Å²) in [4.78, 5) is 33.6. The number of thioether (sulfide) groups is 1. The van der Waals surface area contributed by atoms with Gasteiger partial charge in [0.1, 0.15) is 6.04 Å². The van der Waals surface area contributed by atoms with Gasteiger partial charge in [0.05, 0.1) is 5.75 Å². The van der Waals surface area contributed by atoms with Gasteiger partial charge in [-0.1, -0.05) is 28.1 Å². The molecule has 1 aromatic carbocycles. The summed E-state index contributed by atoms with van der Waals surface area (Å²) >= 11 is 4.47. The summed E-state index contributed by atoms with van der Waals surface area (Å²) < 4.78 is 0.887. The molecule has 1 rings (SSSR count). The number of amides is 1. The molecule has 1 aromatic rings. The predicted molar refractivity (Wildman–Crippen MR) is 81.0 cm³/mol. The number of hydrogen-bond acceptors (Lipinski definition) is 4. The molecule has 0 radical (unpaired) electrons. The lowest BCUT2D eigenvalue weighted by Crippen LogP contribution is -2.41. The van der Waals surface area contributed by atoms with Gasteiger partial charge in [0.15, 0.2) is 5.78 Å². The molecule has 5 nitrogen and oxygen atoms in total. The topological polar surface area (TPSA) is 83.5 Å². The van der Waals surface area contributed by atoms with E-state index in [4.69, 9.17) is 5.11 Å². The number of carbonyl (C=O) groups excluding carboxylic acids is 2. The monoisotopic (exact) mass is 359 g/mol. The summed E-state index contributed by atoms with van der Waals surface area (Å²) in [6.45, 7) is 1.26. The molecular formula is C13H14BrNO4S. The molecule has 0 heterocycles. The Labute approximate surface area is 129 Å². The van der Waals surface area contributed by atoms with Gasteiger partial charge in [-0.3, -0.25) is 9.59 Å². The van der Waals surface area contributed by atoms with Crippen LogP contribution in [0.25, 0.3) is 0 Å². The molecule has 0 aliphatic carbocycles. The van der Waals surface area contributed by atoms with E-state index in [0.29, 0.717) is 5.56 Å². The number of ketones is 1. The smallest absolute Gasteiger partial charge is 0.327 e. The maximum Gasteiger partial charge on any atom is 0.327 e. The van der Waals surface area contributed by atoms with Gasteiger partial charge >= 0.3 is 5.97 Å². The minimum Gasteiger partial charge on any atom is -0.480 e. The largest absolute Gasteiger partial charge is 0.480 e. The Bertz CT molecular complexity index is 504. The zero-order valence-corrected chi connectivity index (χ0v) is 13.2. The van der Waals surface area contributed by atoms with Crippen molar-refractivity contribution in [1.29, 1.82) is 0 Å². The number of carbonyl (C=O) groups is 3. The van der Waals surface area contributed by atoms with Gasteiger partial charge < -0.3 is 10.4 Å². The third-order valence-electron chi connectivity index (χ3n) is 2.36. The number of benzene rings is 1. The van der Waals surface area contributed by atoms with E-state index in [2.05, 4.69) is 21.2 Å². The highest BCUT2D eigenvalue weighted by Gasteiger charge is 2.18. The van der Waals surface area contributed by atoms with Crippen LogP contribution in [-0.4, -0.2) is 40.3 Å². The maximum absolute atomic E-state index is 11.9. The first-order chi connectivity index (χ1) is 9.40. The first kappa shape index (κ1) is 16.7. The van der Waals surface area contributed by atoms with Crippen LogP contribution in [0.5, 0.6) is 0 Å². The normalized spacial score (nSPS) is 11.7. The van der Waals surface area contributed by atoms with E-state index in [1.54, 1.807) is 24.3 Å². The Morgan fingerprint density at radius 1 is 1.30 bits per heavy atom. The highest BCUT2D eigenvalue weighted by molar-refractivity contribution is 9.10. The fourth-order valence-corrected chi connectivity index (χ4v) is 2.60. The van der Waals surface area contributed by atoms with Crippen molar-refractivity contribution in [3.05, 3.63) is 34.3 Å². The number of hydrogen-bond donors (Lipinski definition) is 2. The lowest BCUT2D eigenvalue weighted by molar-refractivity contribution is -0.140. The number of carboxylic acid groups (broad SMARTS) is 1. The van der Waals surface area contributed by atoms with Crippen molar-refractivity contribution in [2.45, 2.75) is 13.0 Å². The highest BCUT2D eigenvalue weighted by Crippen LogP contribution is 2.13. The molecule has 0 spiro atoms. The number of rotatable bonds is 7. The van der Waals surface area contributed by atoms with Gasteiger partial charge in [0.25, 0.3) is 0 Å². The number of aliphatic carboxylic acids is 1. The molecule has 0 saturated heterocycles. The van der Waals surface area contributed by atoms with E-state index < -0.39 is 17.9 Å². The van der Waals surface area contributed by atoms with E-state index in [1.165, 1.54) is 18.7 Å². The minimum atomic E-state index is -1.11. The number of Topliss-reactive ketones (excluding diaryl/α,β-unsaturated/α-hetero) is 1. The Kier molecular flexibility index (Phi) is 6.74. The van der Waals surface area contributed by atoms with Crippen LogP contribution in [0, 0.1) is 0 Å². The number of halogens is 1. The molecule has 0 bridgehead atoms. The Morgan fingerprint density at radius 2 is 1.90 bits per heavy atom. The summed E-state index contributed by atoms with van der Waals surface area (Å²) in [7, 11) is 0. The molecule has 108 valence electrons. The third-order valence-corrected chi connectivity index (χ3v) is 3.92. The van der Waals surface area contributed by atoms with E-state index in [1.807, 2.05) is 0 Å². The molecule has 0 unspecified atom stereocenters. The second kappa shape index (κ2) is 8.06. The second-order valence-electron chi connectivity index (χ2n) is 4.04. The van der Waals surface area contributed by atoms with Gasteiger partial charge in [-0.05, 0) is 12.1 Å². The van der Waals surface area contributed by atoms with Crippen LogP contribution < -0.4 is 5.32 Å². The van der Waals surface area contributed by atoms with E-state index in [9.17, 15) is 14.4 Å². The van der Waals surface area contributed by atoms with Crippen molar-refractivity contribution in [3.63, 3.8) is 0 Å². The second-order valence-corrected chi connectivity index (χ2v) is 5.98. The third kappa shape index (κ3) is 5.75. The SMILES string of the molecule is CC(=O)N[C@@H](CSCC(=O)c1ccc(Br)cc1)C(=O)O. The Balaban J connectivity index is 2.46. The van der Waals surface area contributed by atoms with Gasteiger partial charge in [-0.25, -0.2) is 4.79 Å². The molecule has 0 fully saturated rings. The Morgan fingerprint density at radius 3 is 2.40 bits per heavy atom. The van der Waals surface area contributed by atoms with Crippen molar-refractivity contribution < 1.29 is 19.5 Å². The first-order valence-electron chi connectivity index (χ1n) is 5.76. The molecule has 0 aromatic heterocycles. The fourth-order valence-electron chi connectivity index (χ4n) is 1.41. The number of nitrogens with one attached hydrogen (secondary N) is 1. The quantitative estimate of drug-likeness (QED) is 0.727. The molecule has 2 N–H and O–H groups in total. The molecule has 0 saturated carbocycles. The molecule has 7 heteroatoms. The summed E-state index contributed by atoms with van der Waals surface area (Å²) in [5.41, 5.74) is 0.576. The molecular weight excluding hydrogens is 346 g/mol. The van der Waals surface area contributed by atoms with Crippen molar-refractivity contribution in [1.82, 2.24) is 5.32 Å². The van der Waals surface area contributed by atoms with Crippen LogP contribution in [0.1, 0.15) is 17.3 Å². The fraction of sp³-hybridized carbons (Fsp3) is 0.308. The summed E-state index contributed by atoms with van der Waals surface area (Å²) in [5.74, 6) is -1.27. The molecule has 1 atom stereocenters.